The van der Waals surface area contributed by atoms with Gasteiger partial charge in [-0.15, -0.1) is 0 Å². The topological polar surface area (TPSA) is 56.8 Å². The van der Waals surface area contributed by atoms with Crippen molar-refractivity contribution >= 4 is 11.6 Å². The fraction of sp³-hybridized carbons (Fsp3) is 0.381. The maximum absolute atomic E-state index is 13.5. The number of methoxy groups -OCH3 is 1. The Balaban J connectivity index is 2.00. The number of carbonyl (C=O) groups is 1. The predicted octanol–water partition coefficient (Wildman–Crippen LogP) is 5.13. The molecule has 0 spiro atoms. The van der Waals surface area contributed by atoms with E-state index in [9.17, 15) is 22.4 Å². The Bertz CT molecular complexity index is 869. The van der Waals surface area contributed by atoms with Crippen molar-refractivity contribution in [3.8, 4) is 17.2 Å². The second kappa shape index (κ2) is 10.2. The molecule has 0 saturated heterocycles. The molecule has 5 nitrogen and oxygen atoms in total. The summed E-state index contributed by atoms with van der Waals surface area (Å²) in [4.78, 5) is 12.3. The molecule has 0 aliphatic heterocycles. The van der Waals surface area contributed by atoms with E-state index in [0.717, 1.165) is 0 Å². The number of rotatable bonds is 9. The first kappa shape index (κ1) is 23.3. The van der Waals surface area contributed by atoms with Gasteiger partial charge in [-0.2, -0.15) is 13.2 Å². The number of hydrogen-bond acceptors (Lipinski definition) is 4. The Labute approximate surface area is 171 Å². The average molecular weight is 429 g/mol. The number of aryl methyl sites for hydroxylation is 1. The van der Waals surface area contributed by atoms with Crippen LogP contribution in [0.3, 0.4) is 0 Å². The highest BCUT2D eigenvalue weighted by Gasteiger charge is 2.29. The summed E-state index contributed by atoms with van der Waals surface area (Å²) in [6.45, 7) is 2.19. The van der Waals surface area contributed by atoms with Crippen LogP contribution in [0.25, 0.3) is 0 Å². The second-order valence-corrected chi connectivity index (χ2v) is 6.74. The van der Waals surface area contributed by atoms with E-state index in [2.05, 4.69) is 5.32 Å². The van der Waals surface area contributed by atoms with Crippen LogP contribution in [-0.2, 0) is 11.2 Å². The van der Waals surface area contributed by atoms with Crippen molar-refractivity contribution in [2.24, 2.45) is 0 Å². The lowest BCUT2D eigenvalue weighted by molar-refractivity contribution is -0.153. The SMILES string of the molecule is COc1cc(CCC(=O)Nc2cc(F)ccc2OC(C)C)ccc1OCC(F)(F)F. The average Bonchev–Trinajstić information content (AvgIpc) is 2.66. The lowest BCUT2D eigenvalue weighted by atomic mass is 10.1. The summed E-state index contributed by atoms with van der Waals surface area (Å²) in [6, 6.07) is 8.27. The van der Waals surface area contributed by atoms with Crippen LogP contribution < -0.4 is 19.5 Å². The first-order valence-corrected chi connectivity index (χ1v) is 9.20. The second-order valence-electron chi connectivity index (χ2n) is 6.74. The molecule has 0 unspecified atom stereocenters. The van der Waals surface area contributed by atoms with Crippen LogP contribution in [0.2, 0.25) is 0 Å². The van der Waals surface area contributed by atoms with Gasteiger partial charge in [0.2, 0.25) is 5.91 Å². The third-order valence-corrected chi connectivity index (χ3v) is 3.84. The minimum absolute atomic E-state index is 0.0433. The molecular formula is C21H23F4NO4. The predicted molar refractivity (Wildman–Crippen MR) is 104 cm³/mol. The highest BCUT2D eigenvalue weighted by atomic mass is 19.4. The molecular weight excluding hydrogens is 406 g/mol. The monoisotopic (exact) mass is 429 g/mol. The lowest BCUT2D eigenvalue weighted by Crippen LogP contribution is -2.19. The van der Waals surface area contributed by atoms with Gasteiger partial charge in [-0.3, -0.25) is 4.79 Å². The van der Waals surface area contributed by atoms with E-state index < -0.39 is 18.6 Å². The number of anilines is 1. The van der Waals surface area contributed by atoms with E-state index in [4.69, 9.17) is 14.2 Å². The molecule has 0 aliphatic rings. The molecule has 2 aromatic carbocycles. The minimum atomic E-state index is -4.46. The van der Waals surface area contributed by atoms with Crippen LogP contribution in [0.15, 0.2) is 36.4 Å². The number of hydrogen-bond donors (Lipinski definition) is 1. The number of benzene rings is 2. The largest absolute Gasteiger partial charge is 0.493 e. The Kier molecular flexibility index (Phi) is 7.91. The van der Waals surface area contributed by atoms with E-state index in [-0.39, 0.29) is 42.0 Å². The number of halogens is 4. The molecule has 1 N–H and O–H groups in total. The molecule has 30 heavy (non-hydrogen) atoms. The summed E-state index contributed by atoms with van der Waals surface area (Å²) in [7, 11) is 1.31. The summed E-state index contributed by atoms with van der Waals surface area (Å²) < 4.78 is 65.9. The fourth-order valence-electron chi connectivity index (χ4n) is 2.57. The molecule has 0 heterocycles. The van der Waals surface area contributed by atoms with Crippen LogP contribution in [0.1, 0.15) is 25.8 Å². The van der Waals surface area contributed by atoms with E-state index in [1.807, 2.05) is 13.8 Å². The molecule has 2 rings (SSSR count). The van der Waals surface area contributed by atoms with E-state index in [0.29, 0.717) is 11.3 Å². The first-order chi connectivity index (χ1) is 14.1. The lowest BCUT2D eigenvalue weighted by Gasteiger charge is -2.15. The van der Waals surface area contributed by atoms with Crippen LogP contribution in [0.5, 0.6) is 17.2 Å². The Morgan fingerprint density at radius 2 is 1.77 bits per heavy atom. The molecule has 0 bridgehead atoms. The van der Waals surface area contributed by atoms with Gasteiger partial charge in [0.05, 0.1) is 18.9 Å². The number of carbonyl (C=O) groups excluding carboxylic acids is 1. The highest BCUT2D eigenvalue weighted by Crippen LogP contribution is 2.30. The van der Waals surface area contributed by atoms with Gasteiger partial charge in [-0.25, -0.2) is 4.39 Å². The molecule has 0 aromatic heterocycles. The summed E-state index contributed by atoms with van der Waals surface area (Å²) in [5.41, 5.74) is 0.890. The van der Waals surface area contributed by atoms with Gasteiger partial charge in [-0.1, -0.05) is 6.07 Å². The quantitative estimate of drug-likeness (QED) is 0.562. The zero-order valence-electron chi connectivity index (χ0n) is 16.8. The van der Waals surface area contributed by atoms with Crippen LogP contribution in [-0.4, -0.2) is 31.9 Å². The van der Waals surface area contributed by atoms with Crippen molar-refractivity contribution in [3.05, 3.63) is 47.8 Å². The molecule has 2 aromatic rings. The molecule has 0 fully saturated rings. The summed E-state index contributed by atoms with van der Waals surface area (Å²) in [6.07, 6.45) is -4.27. The number of nitrogens with one attached hydrogen (secondary N) is 1. The summed E-state index contributed by atoms with van der Waals surface area (Å²) in [5.74, 6) is -0.438. The molecule has 0 aliphatic carbocycles. The van der Waals surface area contributed by atoms with Crippen molar-refractivity contribution in [2.75, 3.05) is 19.0 Å². The zero-order valence-corrected chi connectivity index (χ0v) is 16.8. The van der Waals surface area contributed by atoms with Crippen molar-refractivity contribution in [1.82, 2.24) is 0 Å². The standard InChI is InChI=1S/C21H23F4NO4/c1-13(2)30-17-8-6-15(22)11-16(17)26-20(27)9-5-14-4-7-18(19(10-14)28-3)29-12-21(23,24)25/h4,6-8,10-11,13H,5,9,12H2,1-3H3,(H,26,27). The smallest absolute Gasteiger partial charge is 0.422 e. The Morgan fingerprint density at radius 3 is 2.40 bits per heavy atom. The van der Waals surface area contributed by atoms with E-state index >= 15 is 0 Å². The molecule has 0 radical (unpaired) electrons. The highest BCUT2D eigenvalue weighted by molar-refractivity contribution is 5.92. The minimum Gasteiger partial charge on any atom is -0.493 e. The molecule has 1 amide bonds. The third kappa shape index (κ3) is 7.46. The van der Waals surface area contributed by atoms with Crippen molar-refractivity contribution in [2.45, 2.75) is 39.0 Å². The third-order valence-electron chi connectivity index (χ3n) is 3.84. The first-order valence-electron chi connectivity index (χ1n) is 9.20. The van der Waals surface area contributed by atoms with Gasteiger partial charge in [0.1, 0.15) is 11.6 Å². The number of ether oxygens (including phenoxy) is 3. The van der Waals surface area contributed by atoms with Gasteiger partial charge >= 0.3 is 6.18 Å². The van der Waals surface area contributed by atoms with Crippen LogP contribution in [0, 0.1) is 5.82 Å². The molecule has 0 atom stereocenters. The maximum Gasteiger partial charge on any atom is 0.422 e. The fourth-order valence-corrected chi connectivity index (χ4v) is 2.57. The maximum atomic E-state index is 13.5. The summed E-state index contributed by atoms with van der Waals surface area (Å²) in [5, 5.41) is 2.62. The van der Waals surface area contributed by atoms with Crippen molar-refractivity contribution in [1.29, 1.82) is 0 Å². The molecule has 0 saturated carbocycles. The van der Waals surface area contributed by atoms with Crippen LogP contribution in [0.4, 0.5) is 23.2 Å². The van der Waals surface area contributed by atoms with Crippen LogP contribution >= 0.6 is 0 Å². The summed E-state index contributed by atoms with van der Waals surface area (Å²) >= 11 is 0. The van der Waals surface area contributed by atoms with Gasteiger partial charge < -0.3 is 19.5 Å². The van der Waals surface area contributed by atoms with E-state index in [1.165, 1.54) is 37.4 Å². The Hall–Kier alpha value is -2.97. The molecule has 164 valence electrons. The van der Waals surface area contributed by atoms with Gasteiger partial charge in [-0.05, 0) is 50.1 Å². The normalized spacial score (nSPS) is 11.3. The van der Waals surface area contributed by atoms with Crippen molar-refractivity contribution < 1.29 is 36.6 Å². The van der Waals surface area contributed by atoms with E-state index in [1.54, 1.807) is 6.07 Å². The number of alkyl halides is 3. The molecule has 9 heteroatoms. The van der Waals surface area contributed by atoms with Gasteiger partial charge in [0.25, 0.3) is 0 Å². The van der Waals surface area contributed by atoms with Crippen molar-refractivity contribution in [3.63, 3.8) is 0 Å². The van der Waals surface area contributed by atoms with Gasteiger partial charge in [0.15, 0.2) is 18.1 Å². The van der Waals surface area contributed by atoms with Gasteiger partial charge in [0, 0.05) is 12.5 Å². The zero-order chi connectivity index (χ0) is 22.3. The Morgan fingerprint density at radius 1 is 1.07 bits per heavy atom. The number of amides is 1.